The summed E-state index contributed by atoms with van der Waals surface area (Å²) in [4.78, 5) is 4.29. The van der Waals surface area contributed by atoms with E-state index in [0.29, 0.717) is 23.8 Å². The molecule has 1 aromatic heterocycles. The van der Waals surface area contributed by atoms with Crippen LogP contribution in [0.4, 0.5) is 14.5 Å². The van der Waals surface area contributed by atoms with Gasteiger partial charge in [0, 0.05) is 15.7 Å². The lowest BCUT2D eigenvalue weighted by Gasteiger charge is -2.10. The molecule has 1 N–H and O–H groups in total. The van der Waals surface area contributed by atoms with Crippen LogP contribution < -0.4 is 14.8 Å². The molecule has 136 valence electrons. The van der Waals surface area contributed by atoms with Gasteiger partial charge in [-0.25, -0.2) is 0 Å². The molecule has 0 aliphatic carbocycles. The summed E-state index contributed by atoms with van der Waals surface area (Å²) in [5.74, 6) is 0.782. The minimum atomic E-state index is -2.94. The molecule has 0 radical (unpaired) electrons. The fourth-order valence-electron chi connectivity index (χ4n) is 2.22. The number of anilines is 1. The average molecular weight is 426 g/mol. The van der Waals surface area contributed by atoms with Crippen LogP contribution in [0.25, 0.3) is 11.4 Å². The van der Waals surface area contributed by atoms with E-state index in [-0.39, 0.29) is 11.5 Å². The highest BCUT2D eigenvalue weighted by Gasteiger charge is 2.15. The van der Waals surface area contributed by atoms with Crippen LogP contribution >= 0.6 is 15.9 Å². The number of nitrogens with zero attached hydrogens (tertiary/aromatic N) is 2. The Morgan fingerprint density at radius 3 is 2.73 bits per heavy atom. The number of nitrogens with one attached hydrogen (secondary N) is 1. The second-order valence-electron chi connectivity index (χ2n) is 5.09. The molecule has 0 spiro atoms. The van der Waals surface area contributed by atoms with E-state index >= 15 is 0 Å². The molecule has 0 aliphatic rings. The Balaban J connectivity index is 1.74. The smallest absolute Gasteiger partial charge is 0.387 e. The lowest BCUT2D eigenvalue weighted by molar-refractivity contribution is -0.0512. The molecule has 3 rings (SSSR count). The van der Waals surface area contributed by atoms with Crippen molar-refractivity contribution in [2.45, 2.75) is 13.2 Å². The van der Waals surface area contributed by atoms with Crippen molar-refractivity contribution < 1.29 is 22.8 Å². The molecule has 6 nitrogen and oxygen atoms in total. The van der Waals surface area contributed by atoms with Crippen molar-refractivity contribution in [3.8, 4) is 22.9 Å². The van der Waals surface area contributed by atoms with E-state index < -0.39 is 6.61 Å². The van der Waals surface area contributed by atoms with Crippen LogP contribution in [0.5, 0.6) is 11.5 Å². The highest BCUT2D eigenvalue weighted by Crippen LogP contribution is 2.32. The van der Waals surface area contributed by atoms with Gasteiger partial charge in [0.25, 0.3) is 0 Å². The maximum atomic E-state index is 12.4. The number of halogens is 3. The van der Waals surface area contributed by atoms with Gasteiger partial charge in [0.05, 0.1) is 13.7 Å². The van der Waals surface area contributed by atoms with Crippen LogP contribution in [0.3, 0.4) is 0 Å². The monoisotopic (exact) mass is 425 g/mol. The van der Waals surface area contributed by atoms with Gasteiger partial charge in [0.1, 0.15) is 0 Å². The van der Waals surface area contributed by atoms with Crippen molar-refractivity contribution in [3.63, 3.8) is 0 Å². The lowest BCUT2D eigenvalue weighted by Crippen LogP contribution is -2.03. The Kier molecular flexibility index (Phi) is 5.67. The summed E-state index contributed by atoms with van der Waals surface area (Å²) in [5.41, 5.74) is 1.45. The third-order valence-corrected chi connectivity index (χ3v) is 4.10. The number of ether oxygens (including phenoxy) is 2. The van der Waals surface area contributed by atoms with Gasteiger partial charge in [-0.3, -0.25) is 0 Å². The Hall–Kier alpha value is -2.68. The number of hydrogen-bond donors (Lipinski definition) is 1. The summed E-state index contributed by atoms with van der Waals surface area (Å²) in [6.07, 6.45) is 0. The molecule has 0 saturated heterocycles. The predicted octanol–water partition coefficient (Wildman–Crippen LogP) is 4.72. The number of alkyl halides is 2. The minimum Gasteiger partial charge on any atom is -0.493 e. The minimum absolute atomic E-state index is 0.0643. The fraction of sp³-hybridized carbons (Fsp3) is 0.176. The quantitative estimate of drug-likeness (QED) is 0.590. The Morgan fingerprint density at radius 2 is 2.00 bits per heavy atom. The van der Waals surface area contributed by atoms with Crippen LogP contribution in [0.1, 0.15) is 5.89 Å². The van der Waals surface area contributed by atoms with Crippen LogP contribution in [0, 0.1) is 0 Å². The van der Waals surface area contributed by atoms with E-state index in [9.17, 15) is 8.78 Å². The van der Waals surface area contributed by atoms with Crippen LogP contribution in [-0.2, 0) is 6.54 Å². The van der Waals surface area contributed by atoms with Crippen LogP contribution in [0.15, 0.2) is 51.5 Å². The second-order valence-corrected chi connectivity index (χ2v) is 5.94. The highest BCUT2D eigenvalue weighted by molar-refractivity contribution is 9.10. The van der Waals surface area contributed by atoms with Crippen molar-refractivity contribution in [3.05, 3.63) is 52.8 Å². The Morgan fingerprint density at radius 1 is 1.19 bits per heavy atom. The molecule has 9 heteroatoms. The number of hydrogen-bond acceptors (Lipinski definition) is 6. The Labute approximate surface area is 156 Å². The number of rotatable bonds is 7. The molecule has 0 aliphatic heterocycles. The molecule has 0 amide bonds. The lowest BCUT2D eigenvalue weighted by atomic mass is 10.2. The molecule has 0 fully saturated rings. The standard InChI is InChI=1S/C17H14BrF2N3O3/c1-24-14-8-10(6-7-13(14)25-17(19)20)16-22-15(26-23-16)9-21-12-5-3-2-4-11(12)18/h2-8,17,21H,9H2,1H3. The first kappa shape index (κ1) is 18.1. The molecule has 26 heavy (non-hydrogen) atoms. The van der Waals surface area contributed by atoms with Gasteiger partial charge in [-0.1, -0.05) is 17.3 Å². The first-order valence-corrected chi connectivity index (χ1v) is 8.30. The molecule has 0 saturated carbocycles. The van der Waals surface area contributed by atoms with Crippen molar-refractivity contribution in [2.75, 3.05) is 12.4 Å². The zero-order valence-electron chi connectivity index (χ0n) is 13.6. The van der Waals surface area contributed by atoms with Gasteiger partial charge in [-0.15, -0.1) is 0 Å². The van der Waals surface area contributed by atoms with Crippen molar-refractivity contribution in [1.82, 2.24) is 10.1 Å². The number of para-hydroxylation sites is 1. The molecule has 2 aromatic carbocycles. The molecular formula is C17H14BrF2N3O3. The highest BCUT2D eigenvalue weighted by atomic mass is 79.9. The zero-order valence-corrected chi connectivity index (χ0v) is 15.2. The zero-order chi connectivity index (χ0) is 18.5. The van der Waals surface area contributed by atoms with E-state index in [4.69, 9.17) is 9.26 Å². The average Bonchev–Trinajstić information content (AvgIpc) is 3.10. The molecule has 1 heterocycles. The van der Waals surface area contributed by atoms with Crippen LogP contribution in [-0.4, -0.2) is 23.9 Å². The first-order valence-electron chi connectivity index (χ1n) is 7.51. The number of methoxy groups -OCH3 is 1. The van der Waals surface area contributed by atoms with Gasteiger partial charge in [0.2, 0.25) is 11.7 Å². The van der Waals surface area contributed by atoms with Gasteiger partial charge in [-0.2, -0.15) is 13.8 Å². The van der Waals surface area contributed by atoms with E-state index in [1.165, 1.54) is 19.2 Å². The van der Waals surface area contributed by atoms with E-state index in [0.717, 1.165) is 10.2 Å². The van der Waals surface area contributed by atoms with E-state index in [1.54, 1.807) is 6.07 Å². The third kappa shape index (κ3) is 4.29. The van der Waals surface area contributed by atoms with Gasteiger partial charge in [-0.05, 0) is 46.3 Å². The summed E-state index contributed by atoms with van der Waals surface area (Å²) in [6, 6.07) is 12.1. The summed E-state index contributed by atoms with van der Waals surface area (Å²) in [6.45, 7) is -2.60. The van der Waals surface area contributed by atoms with Gasteiger partial charge >= 0.3 is 6.61 Å². The molecule has 3 aromatic rings. The van der Waals surface area contributed by atoms with Crippen molar-refractivity contribution in [1.29, 1.82) is 0 Å². The third-order valence-electron chi connectivity index (χ3n) is 3.41. The SMILES string of the molecule is COc1cc(-c2noc(CNc3ccccc3Br)n2)ccc1OC(F)F. The van der Waals surface area contributed by atoms with E-state index in [1.807, 2.05) is 24.3 Å². The topological polar surface area (TPSA) is 69.4 Å². The summed E-state index contributed by atoms with van der Waals surface area (Å²) in [5, 5.41) is 7.08. The summed E-state index contributed by atoms with van der Waals surface area (Å²) < 4.78 is 40.4. The largest absolute Gasteiger partial charge is 0.493 e. The van der Waals surface area contributed by atoms with Gasteiger partial charge < -0.3 is 19.3 Å². The molecule has 0 bridgehead atoms. The normalized spacial score (nSPS) is 10.8. The summed E-state index contributed by atoms with van der Waals surface area (Å²) in [7, 11) is 1.36. The first-order chi connectivity index (χ1) is 12.6. The summed E-state index contributed by atoms with van der Waals surface area (Å²) >= 11 is 3.44. The Bertz CT molecular complexity index is 889. The van der Waals surface area contributed by atoms with Gasteiger partial charge in [0.15, 0.2) is 11.5 Å². The molecule has 0 unspecified atom stereocenters. The second kappa shape index (κ2) is 8.13. The maximum Gasteiger partial charge on any atom is 0.387 e. The predicted molar refractivity (Wildman–Crippen MR) is 94.4 cm³/mol. The van der Waals surface area contributed by atoms with Crippen LogP contribution in [0.2, 0.25) is 0 Å². The van der Waals surface area contributed by atoms with Crippen molar-refractivity contribution >= 4 is 21.6 Å². The fourth-order valence-corrected chi connectivity index (χ4v) is 2.64. The maximum absolute atomic E-state index is 12.4. The number of aromatic nitrogens is 2. The van der Waals surface area contributed by atoms with E-state index in [2.05, 4.69) is 36.1 Å². The number of benzene rings is 2. The van der Waals surface area contributed by atoms with Crippen molar-refractivity contribution in [2.24, 2.45) is 0 Å². The molecule has 0 atom stereocenters. The molecular weight excluding hydrogens is 412 g/mol.